The molecule has 0 radical (unpaired) electrons. The largest absolute Gasteiger partial charge is 0.508 e. The van der Waals surface area contributed by atoms with Gasteiger partial charge in [-0.2, -0.15) is 0 Å². The number of rotatable bonds is 17. The summed E-state index contributed by atoms with van der Waals surface area (Å²) in [5, 5.41) is 85.1. The number of hydrogen-bond acceptors (Lipinski definition) is 11. The Balaban J connectivity index is 1.28. The molecule has 1 saturated heterocycles. The number of allylic oxidation sites excluding steroid dienone is 2. The molecule has 65 heavy (non-hydrogen) atoms. The van der Waals surface area contributed by atoms with E-state index in [1.807, 2.05) is 24.3 Å². The van der Waals surface area contributed by atoms with Gasteiger partial charge in [0.25, 0.3) is 0 Å². The minimum atomic E-state index is -0.971. The summed E-state index contributed by atoms with van der Waals surface area (Å²) in [6.07, 6.45) is 8.17. The van der Waals surface area contributed by atoms with Crippen LogP contribution < -0.4 is 4.74 Å². The second-order valence-electron chi connectivity index (χ2n) is 16.5. The van der Waals surface area contributed by atoms with Crippen molar-refractivity contribution in [1.82, 2.24) is 0 Å². The zero-order chi connectivity index (χ0) is 46.0. The molecule has 1 heterocycles. The normalized spacial score (nSPS) is 18.4. The summed E-state index contributed by atoms with van der Waals surface area (Å²) in [4.78, 5) is 15.6. The quantitative estimate of drug-likeness (QED) is 0.0321. The van der Waals surface area contributed by atoms with Gasteiger partial charge in [-0.25, -0.2) is 0 Å². The van der Waals surface area contributed by atoms with Crippen LogP contribution in [0, 0.1) is 11.8 Å². The molecule has 0 aliphatic carbocycles. The number of aliphatic hydroxyl groups is 1. The number of carbonyl (C=O) groups excluding carboxylic acids is 1. The number of aryl methyl sites for hydroxylation is 2. The summed E-state index contributed by atoms with van der Waals surface area (Å²) < 4.78 is 12.6. The van der Waals surface area contributed by atoms with Crippen LogP contribution in [0.2, 0.25) is 0 Å². The fourth-order valence-corrected chi connectivity index (χ4v) is 8.56. The summed E-state index contributed by atoms with van der Waals surface area (Å²) in [6.45, 7) is 0. The summed E-state index contributed by atoms with van der Waals surface area (Å²) in [7, 11) is 1.35. The van der Waals surface area contributed by atoms with Gasteiger partial charge in [0.05, 0.1) is 31.3 Å². The molecule has 0 saturated carbocycles. The number of aromatic hydroxyl groups is 7. The number of hydrogen-bond donors (Lipinski definition) is 8. The monoisotopic (exact) mass is 878 g/mol. The van der Waals surface area contributed by atoms with Gasteiger partial charge in [-0.1, -0.05) is 85.0 Å². The number of ketones is 1. The zero-order valence-electron chi connectivity index (χ0n) is 35.9. The Bertz CT molecular complexity index is 2570. The average Bonchev–Trinajstić information content (AvgIpc) is 3.30. The van der Waals surface area contributed by atoms with Crippen molar-refractivity contribution in [2.75, 3.05) is 7.11 Å². The fraction of sp³-hybridized carbons (Fsp3) is 0.241. The number of phenolic OH excluding ortho intramolecular Hbond substituents is 7. The van der Waals surface area contributed by atoms with Crippen molar-refractivity contribution in [3.8, 4) is 46.0 Å². The van der Waals surface area contributed by atoms with E-state index in [9.17, 15) is 40.9 Å². The average molecular weight is 879 g/mol. The Kier molecular flexibility index (Phi) is 14.8. The van der Waals surface area contributed by atoms with Gasteiger partial charge < -0.3 is 50.3 Å². The molecule has 6 atom stereocenters. The van der Waals surface area contributed by atoms with Crippen LogP contribution in [0.1, 0.15) is 81.4 Å². The van der Waals surface area contributed by atoms with Crippen molar-refractivity contribution in [2.24, 2.45) is 11.8 Å². The van der Waals surface area contributed by atoms with Gasteiger partial charge in [-0.3, -0.25) is 4.79 Å². The summed E-state index contributed by atoms with van der Waals surface area (Å²) in [5.74, 6) is -3.31. The van der Waals surface area contributed by atoms with Crippen LogP contribution in [0.4, 0.5) is 0 Å². The summed E-state index contributed by atoms with van der Waals surface area (Å²) >= 11 is 0. The van der Waals surface area contributed by atoms with E-state index in [1.54, 1.807) is 97.1 Å². The highest BCUT2D eigenvalue weighted by Gasteiger charge is 2.45. The van der Waals surface area contributed by atoms with Crippen LogP contribution >= 0.6 is 0 Å². The number of aliphatic hydroxyl groups excluding tert-OH is 1. The molecular weight excluding hydrogens is 825 g/mol. The molecular formula is C54H54O11. The Morgan fingerprint density at radius 2 is 1.26 bits per heavy atom. The maximum absolute atomic E-state index is 15.6. The van der Waals surface area contributed by atoms with E-state index < -0.39 is 41.5 Å². The van der Waals surface area contributed by atoms with E-state index in [4.69, 9.17) is 9.47 Å². The summed E-state index contributed by atoms with van der Waals surface area (Å²) in [5.41, 5.74) is 3.75. The highest BCUT2D eigenvalue weighted by atomic mass is 16.5. The molecule has 11 heteroatoms. The molecule has 0 aromatic heterocycles. The third-order valence-corrected chi connectivity index (χ3v) is 12.1. The topological polar surface area (TPSA) is 197 Å². The first kappa shape index (κ1) is 45.8. The molecule has 0 spiro atoms. The lowest BCUT2D eigenvalue weighted by atomic mass is 9.73. The zero-order valence-corrected chi connectivity index (χ0v) is 35.9. The van der Waals surface area contributed by atoms with Gasteiger partial charge in [0.15, 0.2) is 5.78 Å². The first-order valence-electron chi connectivity index (χ1n) is 21.6. The number of carbonyl (C=O) groups is 1. The van der Waals surface area contributed by atoms with Gasteiger partial charge in [0, 0.05) is 17.5 Å². The smallest absolute Gasteiger partial charge is 0.176 e. The lowest BCUT2D eigenvalue weighted by Gasteiger charge is -2.41. The molecule has 11 nitrogen and oxygen atoms in total. The SMILES string of the molecule is COc1cc(O)c(C(C=CCC(O)CCc2ccc(O)cc2)c2ccc(O)cc2)c(O)c1C(=O)C1C(C=Cc2ccc(O)cc2)CC(CCc2ccc(O)cc2)OC1c1ccc(O)cc1. The minimum absolute atomic E-state index is 0.00511. The van der Waals surface area contributed by atoms with E-state index in [2.05, 4.69) is 0 Å². The number of benzene rings is 6. The standard InChI is InChI=1S/C54H54O11/c1-64-48-32-47(61)50(46(36-15-26-43(59)27-16-36)4-2-3-39(55)19-6-34-9-22-41(57)23-10-34)53(63)51(48)52(62)49-38(14-5-33-7-20-40(56)21-8-33)31-45(30-13-35-11-24-42(58)25-12-35)65-54(49)37-17-28-44(60)29-18-37/h2,4-5,7-12,14-18,20-29,32,38-39,45-46,49,54-61,63H,3,6,13,19,30-31H2,1H3. The van der Waals surface area contributed by atoms with Crippen molar-refractivity contribution in [3.05, 3.63) is 185 Å². The van der Waals surface area contributed by atoms with Gasteiger partial charge in [0.1, 0.15) is 51.6 Å². The molecule has 8 N–H and O–H groups in total. The number of ether oxygens (including phenoxy) is 2. The second kappa shape index (κ2) is 21.0. The predicted octanol–water partition coefficient (Wildman–Crippen LogP) is 10.00. The number of phenols is 7. The molecule has 1 aliphatic heterocycles. The molecule has 6 aromatic rings. The lowest BCUT2D eigenvalue weighted by Crippen LogP contribution is -2.40. The first-order chi connectivity index (χ1) is 31.4. The van der Waals surface area contributed by atoms with Crippen molar-refractivity contribution >= 4 is 11.9 Å². The van der Waals surface area contributed by atoms with Crippen LogP contribution in [-0.4, -0.2) is 66.0 Å². The summed E-state index contributed by atoms with van der Waals surface area (Å²) in [6, 6.07) is 34.4. The van der Waals surface area contributed by atoms with Crippen LogP contribution in [0.5, 0.6) is 46.0 Å². The Morgan fingerprint density at radius 1 is 0.723 bits per heavy atom. The van der Waals surface area contributed by atoms with Gasteiger partial charge >= 0.3 is 0 Å². The molecule has 0 amide bonds. The maximum Gasteiger partial charge on any atom is 0.176 e. The van der Waals surface area contributed by atoms with Gasteiger partial charge in [-0.15, -0.1) is 0 Å². The molecule has 1 fully saturated rings. The van der Waals surface area contributed by atoms with Crippen LogP contribution in [0.3, 0.4) is 0 Å². The second-order valence-corrected chi connectivity index (χ2v) is 16.5. The predicted molar refractivity (Wildman–Crippen MR) is 248 cm³/mol. The molecule has 1 aliphatic rings. The molecule has 6 unspecified atom stereocenters. The first-order valence-corrected chi connectivity index (χ1v) is 21.6. The third kappa shape index (κ3) is 11.5. The maximum atomic E-state index is 15.6. The Hall–Kier alpha value is -7.21. The number of methoxy groups -OCH3 is 1. The highest BCUT2D eigenvalue weighted by Crippen LogP contribution is 2.50. The van der Waals surface area contributed by atoms with Crippen molar-refractivity contribution in [2.45, 2.75) is 62.8 Å². The van der Waals surface area contributed by atoms with E-state index >= 15 is 4.79 Å². The van der Waals surface area contributed by atoms with E-state index in [0.29, 0.717) is 43.2 Å². The fourth-order valence-electron chi connectivity index (χ4n) is 8.56. The van der Waals surface area contributed by atoms with E-state index in [1.165, 1.54) is 37.4 Å². The van der Waals surface area contributed by atoms with E-state index in [-0.39, 0.29) is 63.9 Å². The Morgan fingerprint density at radius 3 is 1.85 bits per heavy atom. The van der Waals surface area contributed by atoms with Crippen molar-refractivity contribution in [1.29, 1.82) is 0 Å². The van der Waals surface area contributed by atoms with Gasteiger partial charge in [-0.05, 0) is 133 Å². The lowest BCUT2D eigenvalue weighted by molar-refractivity contribution is -0.0938. The van der Waals surface area contributed by atoms with Crippen LogP contribution in [0.25, 0.3) is 6.08 Å². The molecule has 7 rings (SSSR count). The molecule has 6 aromatic carbocycles. The van der Waals surface area contributed by atoms with Gasteiger partial charge in [0.2, 0.25) is 0 Å². The highest BCUT2D eigenvalue weighted by molar-refractivity contribution is 6.04. The van der Waals surface area contributed by atoms with Crippen LogP contribution in [-0.2, 0) is 17.6 Å². The minimum Gasteiger partial charge on any atom is -0.508 e. The molecule has 336 valence electrons. The third-order valence-electron chi connectivity index (χ3n) is 12.1. The van der Waals surface area contributed by atoms with Crippen molar-refractivity contribution < 1.29 is 55.1 Å². The van der Waals surface area contributed by atoms with Crippen LogP contribution in [0.15, 0.2) is 146 Å². The number of Topliss-reactive ketones (excluding diaryl/α,β-unsaturated/α-hetero) is 1. The Labute approximate surface area is 378 Å². The van der Waals surface area contributed by atoms with Crippen molar-refractivity contribution in [3.63, 3.8) is 0 Å². The molecule has 0 bridgehead atoms. The van der Waals surface area contributed by atoms with E-state index in [0.717, 1.165) is 16.7 Å².